The van der Waals surface area contributed by atoms with Gasteiger partial charge in [0.15, 0.2) is 0 Å². The van der Waals surface area contributed by atoms with E-state index in [1.165, 1.54) is 18.4 Å². The first-order valence-electron chi connectivity index (χ1n) is 8.04. The fourth-order valence-corrected chi connectivity index (χ4v) is 2.65. The fraction of sp³-hybridized carbons (Fsp3) is 0.667. The van der Waals surface area contributed by atoms with E-state index in [0.717, 1.165) is 36.5 Å². The van der Waals surface area contributed by atoms with Gasteiger partial charge in [0, 0.05) is 17.1 Å². The summed E-state index contributed by atoms with van der Waals surface area (Å²) >= 11 is 3.50. The molecule has 1 aromatic rings. The smallest absolute Gasteiger partial charge is 0.0598 e. The Hall–Kier alpha value is -0.380. The Morgan fingerprint density at radius 1 is 1.24 bits per heavy atom. The molecule has 0 amide bonds. The van der Waals surface area contributed by atoms with Crippen LogP contribution in [0.2, 0.25) is 0 Å². The van der Waals surface area contributed by atoms with Crippen LogP contribution >= 0.6 is 15.9 Å². The van der Waals surface area contributed by atoms with Crippen LogP contribution in [0.4, 0.5) is 0 Å². The lowest BCUT2D eigenvalue weighted by Gasteiger charge is -2.23. The van der Waals surface area contributed by atoms with Gasteiger partial charge in [-0.05, 0) is 76.6 Å². The molecule has 1 unspecified atom stereocenters. The molecule has 1 atom stereocenters. The maximum absolute atomic E-state index is 5.90. The van der Waals surface area contributed by atoms with Gasteiger partial charge in [-0.25, -0.2) is 0 Å². The van der Waals surface area contributed by atoms with E-state index in [4.69, 9.17) is 4.74 Å². The van der Waals surface area contributed by atoms with Crippen LogP contribution in [0.5, 0.6) is 0 Å². The number of hydrogen-bond donors (Lipinski definition) is 1. The summed E-state index contributed by atoms with van der Waals surface area (Å²) in [5.74, 6) is 0.647. The van der Waals surface area contributed by atoms with E-state index in [1.54, 1.807) is 0 Å². The second-order valence-electron chi connectivity index (χ2n) is 7.13. The normalized spacial score (nSPS) is 17.0. The van der Waals surface area contributed by atoms with E-state index in [9.17, 15) is 0 Å². The van der Waals surface area contributed by atoms with Gasteiger partial charge >= 0.3 is 0 Å². The first-order valence-corrected chi connectivity index (χ1v) is 8.83. The van der Waals surface area contributed by atoms with Crippen LogP contribution in [-0.4, -0.2) is 24.8 Å². The topological polar surface area (TPSA) is 21.3 Å². The third-order valence-electron chi connectivity index (χ3n) is 3.77. The van der Waals surface area contributed by atoms with Crippen molar-refractivity contribution in [3.8, 4) is 0 Å². The van der Waals surface area contributed by atoms with Gasteiger partial charge < -0.3 is 10.1 Å². The highest BCUT2D eigenvalue weighted by molar-refractivity contribution is 9.10. The van der Waals surface area contributed by atoms with Crippen molar-refractivity contribution in [1.29, 1.82) is 0 Å². The highest BCUT2D eigenvalue weighted by Crippen LogP contribution is 2.21. The summed E-state index contributed by atoms with van der Waals surface area (Å²) in [6, 6.07) is 9.48. The molecular weight excluding hydrogens is 326 g/mol. The van der Waals surface area contributed by atoms with E-state index in [1.807, 2.05) is 0 Å². The summed E-state index contributed by atoms with van der Waals surface area (Å²) in [6.07, 6.45) is 4.94. The summed E-state index contributed by atoms with van der Waals surface area (Å²) in [5.41, 5.74) is 1.38. The number of benzene rings is 1. The molecule has 0 aromatic heterocycles. The maximum Gasteiger partial charge on any atom is 0.0598 e. The zero-order valence-electron chi connectivity index (χ0n) is 13.5. The zero-order valence-corrected chi connectivity index (χ0v) is 15.1. The van der Waals surface area contributed by atoms with E-state index in [0.29, 0.717) is 5.92 Å². The van der Waals surface area contributed by atoms with Gasteiger partial charge in [0.05, 0.1) is 5.60 Å². The minimum absolute atomic E-state index is 0.0356. The van der Waals surface area contributed by atoms with Crippen LogP contribution in [-0.2, 0) is 11.2 Å². The van der Waals surface area contributed by atoms with Crippen LogP contribution in [0.1, 0.15) is 45.6 Å². The molecule has 21 heavy (non-hydrogen) atoms. The molecular formula is C18H28BrNO. The molecule has 118 valence electrons. The van der Waals surface area contributed by atoms with Crippen molar-refractivity contribution in [2.24, 2.45) is 5.92 Å². The number of rotatable bonds is 8. The lowest BCUT2D eigenvalue weighted by Crippen LogP contribution is -2.28. The number of hydrogen-bond acceptors (Lipinski definition) is 2. The average molecular weight is 354 g/mol. The van der Waals surface area contributed by atoms with Crippen molar-refractivity contribution < 1.29 is 4.74 Å². The molecule has 1 fully saturated rings. The zero-order chi connectivity index (χ0) is 15.3. The van der Waals surface area contributed by atoms with E-state index in [2.05, 4.69) is 66.3 Å². The number of nitrogens with one attached hydrogen (secondary N) is 1. The third kappa shape index (κ3) is 7.44. The van der Waals surface area contributed by atoms with Gasteiger partial charge in [0.1, 0.15) is 0 Å². The molecule has 0 saturated heterocycles. The van der Waals surface area contributed by atoms with Crippen molar-refractivity contribution in [3.05, 3.63) is 34.3 Å². The van der Waals surface area contributed by atoms with E-state index >= 15 is 0 Å². The molecule has 2 rings (SSSR count). The van der Waals surface area contributed by atoms with Crippen molar-refractivity contribution in [3.63, 3.8) is 0 Å². The predicted molar refractivity (Wildman–Crippen MR) is 92.7 cm³/mol. The SMILES string of the molecule is CC(C)(C)OCCC(CNC1CC1)Cc1ccc(Br)cc1. The van der Waals surface area contributed by atoms with Gasteiger partial charge in [-0.15, -0.1) is 0 Å². The van der Waals surface area contributed by atoms with E-state index in [-0.39, 0.29) is 5.60 Å². The lowest BCUT2D eigenvalue weighted by atomic mass is 9.96. The summed E-state index contributed by atoms with van der Waals surface area (Å²) < 4.78 is 7.05. The second-order valence-corrected chi connectivity index (χ2v) is 8.04. The Morgan fingerprint density at radius 3 is 2.48 bits per heavy atom. The van der Waals surface area contributed by atoms with Crippen LogP contribution in [0.3, 0.4) is 0 Å². The van der Waals surface area contributed by atoms with Crippen molar-refractivity contribution >= 4 is 15.9 Å². The molecule has 2 nitrogen and oxygen atoms in total. The monoisotopic (exact) mass is 353 g/mol. The van der Waals surface area contributed by atoms with Gasteiger partial charge in [0.2, 0.25) is 0 Å². The lowest BCUT2D eigenvalue weighted by molar-refractivity contribution is -0.00921. The molecule has 0 bridgehead atoms. The Bertz CT molecular complexity index is 420. The van der Waals surface area contributed by atoms with Crippen LogP contribution in [0.25, 0.3) is 0 Å². The summed E-state index contributed by atoms with van der Waals surface area (Å²) in [5, 5.41) is 3.67. The molecule has 1 aromatic carbocycles. The van der Waals surface area contributed by atoms with Crippen molar-refractivity contribution in [2.75, 3.05) is 13.2 Å². The average Bonchev–Trinajstić information content (AvgIpc) is 3.21. The Labute approximate surface area is 137 Å². The summed E-state index contributed by atoms with van der Waals surface area (Å²) in [7, 11) is 0. The van der Waals surface area contributed by atoms with Crippen molar-refractivity contribution in [2.45, 2.75) is 58.1 Å². The standard InChI is InChI=1S/C18H28BrNO/c1-18(2,3)21-11-10-15(13-20-17-8-9-17)12-14-4-6-16(19)7-5-14/h4-7,15,17,20H,8-13H2,1-3H3. The van der Waals surface area contributed by atoms with Gasteiger partial charge in [-0.1, -0.05) is 28.1 Å². The highest BCUT2D eigenvalue weighted by Gasteiger charge is 2.22. The molecule has 0 heterocycles. The highest BCUT2D eigenvalue weighted by atomic mass is 79.9. The quantitative estimate of drug-likeness (QED) is 0.739. The largest absolute Gasteiger partial charge is 0.376 e. The van der Waals surface area contributed by atoms with Gasteiger partial charge in [-0.3, -0.25) is 0 Å². The minimum atomic E-state index is -0.0356. The summed E-state index contributed by atoms with van der Waals surface area (Å²) in [4.78, 5) is 0. The Kier molecular flexibility index (Phi) is 6.27. The minimum Gasteiger partial charge on any atom is -0.376 e. The first kappa shape index (κ1) is 17.0. The fourth-order valence-electron chi connectivity index (χ4n) is 2.38. The Balaban J connectivity index is 1.82. The second kappa shape index (κ2) is 7.75. The van der Waals surface area contributed by atoms with Crippen LogP contribution in [0.15, 0.2) is 28.7 Å². The van der Waals surface area contributed by atoms with Crippen LogP contribution < -0.4 is 5.32 Å². The van der Waals surface area contributed by atoms with Crippen molar-refractivity contribution in [1.82, 2.24) is 5.32 Å². The predicted octanol–water partition coefficient (Wildman–Crippen LogP) is 4.57. The summed E-state index contributed by atoms with van der Waals surface area (Å²) in [6.45, 7) is 8.32. The molecule has 0 aliphatic heterocycles. The van der Waals surface area contributed by atoms with Gasteiger partial charge in [-0.2, -0.15) is 0 Å². The molecule has 0 radical (unpaired) electrons. The maximum atomic E-state index is 5.90. The molecule has 0 spiro atoms. The Morgan fingerprint density at radius 2 is 1.90 bits per heavy atom. The molecule has 1 aliphatic carbocycles. The molecule has 1 N–H and O–H groups in total. The third-order valence-corrected chi connectivity index (χ3v) is 4.30. The first-order chi connectivity index (χ1) is 9.92. The number of ether oxygens (including phenoxy) is 1. The van der Waals surface area contributed by atoms with Crippen LogP contribution in [0, 0.1) is 5.92 Å². The number of halogens is 1. The molecule has 3 heteroatoms. The van der Waals surface area contributed by atoms with E-state index < -0.39 is 0 Å². The van der Waals surface area contributed by atoms with Gasteiger partial charge in [0.25, 0.3) is 0 Å². The molecule has 1 saturated carbocycles. The molecule has 1 aliphatic rings.